The second-order valence-corrected chi connectivity index (χ2v) is 2.77. The zero-order valence-electron chi connectivity index (χ0n) is 7.93. The van der Waals surface area contributed by atoms with E-state index in [9.17, 15) is 9.59 Å². The smallest absolute Gasteiger partial charge is 0.234 e. The summed E-state index contributed by atoms with van der Waals surface area (Å²) in [5, 5.41) is 2.70. The van der Waals surface area contributed by atoms with Crippen molar-refractivity contribution in [2.24, 2.45) is 5.84 Å². The molecule has 0 aromatic rings. The lowest BCUT2D eigenvalue weighted by molar-refractivity contribution is -0.126. The van der Waals surface area contributed by atoms with Gasteiger partial charge in [-0.15, -0.1) is 0 Å². The summed E-state index contributed by atoms with van der Waals surface area (Å²) in [6.45, 7) is 2.73. The lowest BCUT2D eigenvalue weighted by Crippen LogP contribution is -2.32. The highest BCUT2D eigenvalue weighted by atomic mass is 16.2. The molecule has 0 aliphatic rings. The third-order valence-corrected chi connectivity index (χ3v) is 1.59. The molecule has 0 unspecified atom stereocenters. The monoisotopic (exact) mass is 187 g/mol. The highest BCUT2D eigenvalue weighted by Crippen LogP contribution is 1.89. The third-order valence-electron chi connectivity index (χ3n) is 1.59. The fourth-order valence-corrected chi connectivity index (χ4v) is 0.792. The van der Waals surface area contributed by atoms with Crippen LogP contribution in [0.2, 0.25) is 0 Å². The topological polar surface area (TPSA) is 84.2 Å². The summed E-state index contributed by atoms with van der Waals surface area (Å²) >= 11 is 0. The van der Waals surface area contributed by atoms with E-state index in [0.717, 1.165) is 12.8 Å². The molecule has 0 bridgehead atoms. The Kier molecular flexibility index (Phi) is 6.91. The van der Waals surface area contributed by atoms with Gasteiger partial charge in [0.1, 0.15) is 0 Å². The molecule has 0 aromatic heterocycles. The van der Waals surface area contributed by atoms with Crippen molar-refractivity contribution in [3.05, 3.63) is 0 Å². The lowest BCUT2D eigenvalue weighted by Gasteiger charge is -2.02. The summed E-state index contributed by atoms with van der Waals surface area (Å²) in [6.07, 6.45) is 2.36. The Hall–Kier alpha value is -1.10. The van der Waals surface area contributed by atoms with E-state index in [1.54, 1.807) is 0 Å². The average molecular weight is 187 g/mol. The molecule has 0 fully saturated rings. The summed E-state index contributed by atoms with van der Waals surface area (Å²) in [4.78, 5) is 21.6. The number of nitrogens with two attached hydrogens (primary N) is 1. The van der Waals surface area contributed by atoms with Crippen molar-refractivity contribution in [2.75, 3.05) is 6.54 Å². The van der Waals surface area contributed by atoms with Crippen molar-refractivity contribution >= 4 is 11.8 Å². The predicted molar refractivity (Wildman–Crippen MR) is 49.5 cm³/mol. The van der Waals surface area contributed by atoms with Gasteiger partial charge in [0.15, 0.2) is 0 Å². The van der Waals surface area contributed by atoms with E-state index in [0.29, 0.717) is 6.54 Å². The molecular weight excluding hydrogens is 170 g/mol. The molecule has 0 heterocycles. The van der Waals surface area contributed by atoms with Crippen molar-refractivity contribution in [1.29, 1.82) is 0 Å². The van der Waals surface area contributed by atoms with Gasteiger partial charge in [0.05, 0.1) is 0 Å². The van der Waals surface area contributed by atoms with E-state index >= 15 is 0 Å². The molecule has 0 spiro atoms. The maximum atomic E-state index is 11.0. The SMILES string of the molecule is CCCCNC(=O)CCC(=O)NN. The Labute approximate surface area is 78.0 Å². The summed E-state index contributed by atoms with van der Waals surface area (Å²) < 4.78 is 0. The first-order valence-corrected chi connectivity index (χ1v) is 4.46. The van der Waals surface area contributed by atoms with Crippen LogP contribution in [0.4, 0.5) is 0 Å². The van der Waals surface area contributed by atoms with Crippen LogP contribution in [0.3, 0.4) is 0 Å². The second kappa shape index (κ2) is 7.54. The van der Waals surface area contributed by atoms with Crippen LogP contribution in [-0.2, 0) is 9.59 Å². The Morgan fingerprint density at radius 1 is 1.23 bits per heavy atom. The third kappa shape index (κ3) is 7.27. The molecule has 5 heteroatoms. The van der Waals surface area contributed by atoms with Crippen LogP contribution < -0.4 is 16.6 Å². The number of carbonyl (C=O) groups is 2. The summed E-state index contributed by atoms with van der Waals surface area (Å²) in [7, 11) is 0. The van der Waals surface area contributed by atoms with Gasteiger partial charge >= 0.3 is 0 Å². The second-order valence-electron chi connectivity index (χ2n) is 2.77. The molecule has 0 atom stereocenters. The van der Waals surface area contributed by atoms with E-state index < -0.39 is 0 Å². The molecule has 13 heavy (non-hydrogen) atoms. The van der Waals surface area contributed by atoms with Crippen LogP contribution in [-0.4, -0.2) is 18.4 Å². The van der Waals surface area contributed by atoms with Gasteiger partial charge < -0.3 is 5.32 Å². The molecule has 4 N–H and O–H groups in total. The van der Waals surface area contributed by atoms with Gasteiger partial charge in [0, 0.05) is 19.4 Å². The number of unbranched alkanes of at least 4 members (excludes halogenated alkanes) is 1. The molecule has 0 aliphatic carbocycles. The summed E-state index contributed by atoms with van der Waals surface area (Å²) in [6, 6.07) is 0. The minimum atomic E-state index is -0.314. The van der Waals surface area contributed by atoms with Crippen LogP contribution in [0.15, 0.2) is 0 Å². The molecule has 0 saturated heterocycles. The maximum Gasteiger partial charge on any atom is 0.234 e. The first kappa shape index (κ1) is 11.9. The van der Waals surface area contributed by atoms with Gasteiger partial charge in [-0.05, 0) is 6.42 Å². The van der Waals surface area contributed by atoms with Crippen LogP contribution in [0.25, 0.3) is 0 Å². The van der Waals surface area contributed by atoms with E-state index in [1.165, 1.54) is 0 Å². The number of hydrogen-bond donors (Lipinski definition) is 3. The highest BCUT2D eigenvalue weighted by Gasteiger charge is 2.03. The fraction of sp³-hybridized carbons (Fsp3) is 0.750. The van der Waals surface area contributed by atoms with Crippen LogP contribution in [0.5, 0.6) is 0 Å². The molecule has 0 aromatic carbocycles. The molecule has 0 rings (SSSR count). The quantitative estimate of drug-likeness (QED) is 0.230. The number of hydrogen-bond acceptors (Lipinski definition) is 3. The number of rotatable bonds is 6. The van der Waals surface area contributed by atoms with Crippen LogP contribution >= 0.6 is 0 Å². The van der Waals surface area contributed by atoms with Crippen LogP contribution in [0, 0.1) is 0 Å². The maximum absolute atomic E-state index is 11.0. The normalized spacial score (nSPS) is 9.38. The summed E-state index contributed by atoms with van der Waals surface area (Å²) in [5.41, 5.74) is 1.97. The Morgan fingerprint density at radius 2 is 1.85 bits per heavy atom. The Bertz CT molecular complexity index is 171. The number of hydrazine groups is 1. The zero-order chi connectivity index (χ0) is 10.1. The van der Waals surface area contributed by atoms with Gasteiger partial charge in [-0.1, -0.05) is 13.3 Å². The average Bonchev–Trinajstić information content (AvgIpc) is 2.14. The Balaban J connectivity index is 3.35. The fourth-order valence-electron chi connectivity index (χ4n) is 0.792. The molecule has 76 valence electrons. The van der Waals surface area contributed by atoms with Crippen molar-refractivity contribution in [3.8, 4) is 0 Å². The van der Waals surface area contributed by atoms with E-state index in [4.69, 9.17) is 5.84 Å². The first-order valence-electron chi connectivity index (χ1n) is 4.46. The standard InChI is InChI=1S/C8H17N3O2/c1-2-3-6-10-7(12)4-5-8(13)11-9/h2-6,9H2,1H3,(H,10,12)(H,11,13). The first-order chi connectivity index (χ1) is 6.20. The number of amides is 2. The number of nitrogens with one attached hydrogen (secondary N) is 2. The Morgan fingerprint density at radius 3 is 2.38 bits per heavy atom. The van der Waals surface area contributed by atoms with Gasteiger partial charge in [0.2, 0.25) is 11.8 Å². The highest BCUT2D eigenvalue weighted by molar-refractivity contribution is 5.83. The van der Waals surface area contributed by atoms with Crippen molar-refractivity contribution in [1.82, 2.24) is 10.7 Å². The molecule has 5 nitrogen and oxygen atoms in total. The van der Waals surface area contributed by atoms with E-state index in [2.05, 4.69) is 5.32 Å². The molecular formula is C8H17N3O2. The molecule has 0 radical (unpaired) electrons. The van der Waals surface area contributed by atoms with Gasteiger partial charge in [-0.2, -0.15) is 0 Å². The van der Waals surface area contributed by atoms with Gasteiger partial charge in [-0.3, -0.25) is 15.0 Å². The lowest BCUT2D eigenvalue weighted by atomic mass is 10.2. The zero-order valence-corrected chi connectivity index (χ0v) is 7.93. The molecule has 2 amide bonds. The van der Waals surface area contributed by atoms with Gasteiger partial charge in [-0.25, -0.2) is 5.84 Å². The summed E-state index contributed by atoms with van der Waals surface area (Å²) in [5.74, 6) is 4.43. The van der Waals surface area contributed by atoms with Crippen molar-refractivity contribution in [3.63, 3.8) is 0 Å². The van der Waals surface area contributed by atoms with Crippen LogP contribution in [0.1, 0.15) is 32.6 Å². The van der Waals surface area contributed by atoms with E-state index in [1.807, 2.05) is 12.3 Å². The minimum Gasteiger partial charge on any atom is -0.356 e. The predicted octanol–water partition coefficient (Wildman–Crippen LogP) is -0.327. The van der Waals surface area contributed by atoms with Crippen molar-refractivity contribution in [2.45, 2.75) is 32.6 Å². The molecule has 0 saturated carbocycles. The van der Waals surface area contributed by atoms with Gasteiger partial charge in [0.25, 0.3) is 0 Å². The minimum absolute atomic E-state index is 0.1000. The number of carbonyl (C=O) groups excluding carboxylic acids is 2. The van der Waals surface area contributed by atoms with E-state index in [-0.39, 0.29) is 24.7 Å². The van der Waals surface area contributed by atoms with Crippen molar-refractivity contribution < 1.29 is 9.59 Å². The largest absolute Gasteiger partial charge is 0.356 e. The molecule has 0 aliphatic heterocycles.